The van der Waals surface area contributed by atoms with Gasteiger partial charge in [0.2, 0.25) is 0 Å². The molecule has 9 nitrogen and oxygen atoms in total. The van der Waals surface area contributed by atoms with Crippen molar-refractivity contribution in [3.63, 3.8) is 0 Å². The van der Waals surface area contributed by atoms with Gasteiger partial charge in [-0.15, -0.1) is 0 Å². The highest BCUT2D eigenvalue weighted by Gasteiger charge is 2.16. The molecule has 0 fully saturated rings. The Kier molecular flexibility index (Phi) is 4.30. The first-order valence-electron chi connectivity index (χ1n) is 6.48. The van der Waals surface area contributed by atoms with Gasteiger partial charge < -0.3 is 5.11 Å². The molecular weight excluding hydrogens is 304 g/mol. The molecule has 120 valence electrons. The summed E-state index contributed by atoms with van der Waals surface area (Å²) in [5, 5.41) is 9.06. The molecule has 3 N–H and O–H groups in total. The first kappa shape index (κ1) is 16.0. The number of hydrazine groups is 1. The number of benzene rings is 1. The molecule has 2 rings (SSSR count). The molecule has 0 saturated carbocycles. The van der Waals surface area contributed by atoms with E-state index in [-0.39, 0.29) is 16.9 Å². The Morgan fingerprint density at radius 2 is 1.65 bits per heavy atom. The summed E-state index contributed by atoms with van der Waals surface area (Å²) in [5.74, 6) is -1.88. The fourth-order valence-corrected chi connectivity index (χ4v) is 1.91. The van der Waals surface area contributed by atoms with E-state index in [2.05, 4.69) is 10.9 Å². The average Bonchev–Trinajstić information content (AvgIpc) is 2.54. The van der Waals surface area contributed by atoms with Crippen molar-refractivity contribution in [3.05, 3.63) is 62.3 Å². The summed E-state index contributed by atoms with van der Waals surface area (Å²) in [6.45, 7) is 0. The number of carboxylic acids is 1. The molecule has 0 aliphatic carbocycles. The standard InChI is InChI=1S/C14H14N4O5/c1-17-10(7-11(19)18(2)14(17)23)15-16-12(20)8-5-3-4-6-9(8)13(21)22/h3-7,15H,1-2H3,(H,16,20)(H,21,22). The van der Waals surface area contributed by atoms with Crippen molar-refractivity contribution in [2.75, 3.05) is 5.43 Å². The number of hydrogen-bond acceptors (Lipinski definition) is 5. The summed E-state index contributed by atoms with van der Waals surface area (Å²) in [7, 11) is 2.75. The van der Waals surface area contributed by atoms with Crippen molar-refractivity contribution in [3.8, 4) is 0 Å². The molecule has 23 heavy (non-hydrogen) atoms. The molecule has 0 bridgehead atoms. The Labute approximate surface area is 129 Å². The van der Waals surface area contributed by atoms with Crippen molar-refractivity contribution < 1.29 is 14.7 Å². The van der Waals surface area contributed by atoms with Gasteiger partial charge in [-0.2, -0.15) is 0 Å². The van der Waals surface area contributed by atoms with E-state index < -0.39 is 23.1 Å². The van der Waals surface area contributed by atoms with E-state index >= 15 is 0 Å². The minimum atomic E-state index is -1.24. The van der Waals surface area contributed by atoms with Crippen LogP contribution in [-0.4, -0.2) is 26.1 Å². The number of hydrogen-bond donors (Lipinski definition) is 3. The van der Waals surface area contributed by atoms with Crippen molar-refractivity contribution >= 4 is 17.7 Å². The summed E-state index contributed by atoms with van der Waals surface area (Å²) in [6, 6.07) is 6.80. The van der Waals surface area contributed by atoms with Gasteiger partial charge in [-0.3, -0.25) is 29.6 Å². The van der Waals surface area contributed by atoms with Gasteiger partial charge in [0.25, 0.3) is 11.5 Å². The number of aromatic carboxylic acids is 1. The highest BCUT2D eigenvalue weighted by Crippen LogP contribution is 2.08. The van der Waals surface area contributed by atoms with Gasteiger partial charge in [0.1, 0.15) is 5.82 Å². The van der Waals surface area contributed by atoms with Gasteiger partial charge in [0.15, 0.2) is 0 Å². The van der Waals surface area contributed by atoms with Crippen LogP contribution < -0.4 is 22.1 Å². The number of carboxylic acid groups (broad SMARTS) is 1. The van der Waals surface area contributed by atoms with Gasteiger partial charge in [-0.05, 0) is 12.1 Å². The summed E-state index contributed by atoms with van der Waals surface area (Å²) < 4.78 is 2.04. The third kappa shape index (κ3) is 3.12. The van der Waals surface area contributed by atoms with Crippen molar-refractivity contribution in [1.29, 1.82) is 0 Å². The highest BCUT2D eigenvalue weighted by atomic mass is 16.4. The van der Waals surface area contributed by atoms with Crippen LogP contribution in [-0.2, 0) is 14.1 Å². The van der Waals surface area contributed by atoms with E-state index in [1.165, 1.54) is 38.4 Å². The molecule has 2 aromatic rings. The maximum Gasteiger partial charge on any atom is 0.336 e. The zero-order valence-electron chi connectivity index (χ0n) is 12.4. The zero-order valence-corrected chi connectivity index (χ0v) is 12.4. The fraction of sp³-hybridized carbons (Fsp3) is 0.143. The lowest BCUT2D eigenvalue weighted by Gasteiger charge is -2.13. The van der Waals surface area contributed by atoms with Crippen LogP contribution >= 0.6 is 0 Å². The Hall–Kier alpha value is -3.36. The van der Waals surface area contributed by atoms with E-state index in [1.807, 2.05) is 0 Å². The third-order valence-corrected chi connectivity index (χ3v) is 3.23. The van der Waals surface area contributed by atoms with Gasteiger partial charge in [-0.25, -0.2) is 9.59 Å². The van der Waals surface area contributed by atoms with Crippen LogP contribution in [0.5, 0.6) is 0 Å². The smallest absolute Gasteiger partial charge is 0.336 e. The van der Waals surface area contributed by atoms with Crippen LogP contribution in [0, 0.1) is 0 Å². The molecule has 1 aromatic carbocycles. The molecule has 1 aromatic heterocycles. The number of amides is 1. The van der Waals surface area contributed by atoms with Crippen LogP contribution in [0.1, 0.15) is 20.7 Å². The van der Waals surface area contributed by atoms with Crippen molar-refractivity contribution in [1.82, 2.24) is 14.6 Å². The summed E-state index contributed by atoms with van der Waals surface area (Å²) in [4.78, 5) is 46.5. The van der Waals surface area contributed by atoms with Gasteiger partial charge >= 0.3 is 11.7 Å². The molecular formula is C14H14N4O5. The summed E-state index contributed by atoms with van der Waals surface area (Å²) in [6.07, 6.45) is 0. The van der Waals surface area contributed by atoms with Gasteiger partial charge in [0, 0.05) is 20.2 Å². The molecule has 1 amide bonds. The van der Waals surface area contributed by atoms with Gasteiger partial charge in [0.05, 0.1) is 11.1 Å². The first-order valence-corrected chi connectivity index (χ1v) is 6.48. The molecule has 0 atom stereocenters. The maximum absolute atomic E-state index is 12.1. The Morgan fingerprint density at radius 1 is 1.04 bits per heavy atom. The first-order chi connectivity index (χ1) is 10.8. The lowest BCUT2D eigenvalue weighted by Crippen LogP contribution is -2.40. The van der Waals surface area contributed by atoms with Crippen molar-refractivity contribution in [2.45, 2.75) is 0 Å². The zero-order chi connectivity index (χ0) is 17.1. The van der Waals surface area contributed by atoms with E-state index in [9.17, 15) is 19.2 Å². The summed E-state index contributed by atoms with van der Waals surface area (Å²) >= 11 is 0. The number of carbonyl (C=O) groups excluding carboxylic acids is 1. The third-order valence-electron chi connectivity index (χ3n) is 3.23. The Balaban J connectivity index is 2.26. The number of aromatic nitrogens is 2. The number of anilines is 1. The average molecular weight is 318 g/mol. The molecule has 0 aliphatic rings. The lowest BCUT2D eigenvalue weighted by atomic mass is 10.1. The van der Waals surface area contributed by atoms with Crippen LogP contribution in [0.2, 0.25) is 0 Å². The highest BCUT2D eigenvalue weighted by molar-refractivity contribution is 6.05. The Morgan fingerprint density at radius 3 is 2.26 bits per heavy atom. The van der Waals surface area contributed by atoms with Gasteiger partial charge in [-0.1, -0.05) is 12.1 Å². The maximum atomic E-state index is 12.1. The fourth-order valence-electron chi connectivity index (χ4n) is 1.91. The van der Waals surface area contributed by atoms with Crippen LogP contribution in [0.25, 0.3) is 0 Å². The number of rotatable bonds is 4. The largest absolute Gasteiger partial charge is 0.478 e. The quantitative estimate of drug-likeness (QED) is 0.656. The van der Waals surface area contributed by atoms with Crippen LogP contribution in [0.15, 0.2) is 39.9 Å². The predicted molar refractivity (Wildman–Crippen MR) is 81.4 cm³/mol. The molecule has 0 radical (unpaired) electrons. The molecule has 0 aliphatic heterocycles. The predicted octanol–water partition coefficient (Wildman–Crippen LogP) is -0.461. The second-order valence-electron chi connectivity index (χ2n) is 4.70. The van der Waals surface area contributed by atoms with Crippen LogP contribution in [0.3, 0.4) is 0 Å². The molecule has 0 saturated heterocycles. The summed E-state index contributed by atoms with van der Waals surface area (Å²) in [5.41, 5.74) is 3.38. The Bertz CT molecular complexity index is 897. The monoisotopic (exact) mass is 318 g/mol. The van der Waals surface area contributed by atoms with E-state index in [0.717, 1.165) is 15.2 Å². The normalized spacial score (nSPS) is 10.2. The van der Waals surface area contributed by atoms with Crippen LogP contribution in [0.4, 0.5) is 5.82 Å². The van der Waals surface area contributed by atoms with E-state index in [4.69, 9.17) is 5.11 Å². The lowest BCUT2D eigenvalue weighted by molar-refractivity contribution is 0.0691. The van der Waals surface area contributed by atoms with E-state index in [1.54, 1.807) is 0 Å². The second-order valence-corrected chi connectivity index (χ2v) is 4.70. The number of nitrogens with zero attached hydrogens (tertiary/aromatic N) is 2. The van der Waals surface area contributed by atoms with Crippen molar-refractivity contribution in [2.24, 2.45) is 14.1 Å². The molecule has 1 heterocycles. The second kappa shape index (κ2) is 6.18. The SMILES string of the molecule is Cn1c(NNC(=O)c2ccccc2C(=O)O)cc(=O)n(C)c1=O. The number of nitrogens with one attached hydrogen (secondary N) is 2. The number of carbonyl (C=O) groups is 2. The van der Waals surface area contributed by atoms with E-state index in [0.29, 0.717) is 0 Å². The molecule has 0 spiro atoms. The minimum absolute atomic E-state index is 0.0543. The minimum Gasteiger partial charge on any atom is -0.478 e. The molecule has 0 unspecified atom stereocenters. The molecule has 9 heteroatoms. The topological polar surface area (TPSA) is 122 Å².